The minimum absolute atomic E-state index is 0.0439. The molecule has 9 heteroatoms. The number of hydrogen-bond acceptors (Lipinski definition) is 8. The molecule has 0 aliphatic carbocycles. The largest absolute Gasteiger partial charge is 0.504 e. The van der Waals surface area contributed by atoms with Crippen LogP contribution < -0.4 is 5.56 Å². The van der Waals surface area contributed by atoms with E-state index in [4.69, 9.17) is 0 Å². The molecule has 0 amide bonds. The molecule has 2 rings (SSSR count). The van der Waals surface area contributed by atoms with Crippen molar-refractivity contribution in [2.24, 2.45) is 0 Å². The van der Waals surface area contributed by atoms with Crippen LogP contribution >= 0.6 is 0 Å². The highest BCUT2D eigenvalue weighted by atomic mass is 16.5. The number of hydrogen-bond donors (Lipinski definition) is 7. The van der Waals surface area contributed by atoms with Gasteiger partial charge in [0.2, 0.25) is 23.1 Å². The van der Waals surface area contributed by atoms with Crippen molar-refractivity contribution in [3.05, 3.63) is 15.9 Å². The van der Waals surface area contributed by atoms with Crippen molar-refractivity contribution in [2.75, 3.05) is 13.6 Å². The Kier molecular flexibility index (Phi) is 2.75. The van der Waals surface area contributed by atoms with Crippen LogP contribution in [0.15, 0.2) is 4.79 Å². The van der Waals surface area contributed by atoms with Gasteiger partial charge in [-0.2, -0.15) is 0 Å². The second kappa shape index (κ2) is 3.84. The summed E-state index contributed by atoms with van der Waals surface area (Å²) < 4.78 is 0. The minimum Gasteiger partial charge on any atom is -0.504 e. The van der Waals surface area contributed by atoms with Crippen molar-refractivity contribution in [3.8, 4) is 17.4 Å². The van der Waals surface area contributed by atoms with E-state index < -0.39 is 40.0 Å². The molecule has 9 nitrogen and oxygen atoms in total. The Morgan fingerprint density at radius 3 is 2.21 bits per heavy atom. The lowest BCUT2D eigenvalue weighted by atomic mass is 9.94. The summed E-state index contributed by atoms with van der Waals surface area (Å²) in [5.41, 5.74) is -4.54. The van der Waals surface area contributed by atoms with Crippen LogP contribution in [0, 0.1) is 0 Å². The lowest BCUT2D eigenvalue weighted by Crippen LogP contribution is -2.54. The molecular formula is C10H14N2O7. The number of aromatic hydroxyl groups is 3. The topological polar surface area (TPSA) is 157 Å². The molecule has 0 radical (unpaired) electrons. The average molecular weight is 274 g/mol. The van der Waals surface area contributed by atoms with E-state index in [1.54, 1.807) is 4.98 Å². The molecule has 1 aromatic heterocycles. The van der Waals surface area contributed by atoms with Crippen LogP contribution in [0.1, 0.15) is 12.0 Å². The van der Waals surface area contributed by atoms with Crippen molar-refractivity contribution >= 4 is 0 Å². The first kappa shape index (κ1) is 13.6. The summed E-state index contributed by atoms with van der Waals surface area (Å²) >= 11 is 0. The molecule has 1 atom stereocenters. The Labute approximate surface area is 106 Å². The first-order valence-electron chi connectivity index (χ1n) is 5.39. The van der Waals surface area contributed by atoms with Gasteiger partial charge in [0.15, 0.2) is 5.75 Å². The van der Waals surface area contributed by atoms with E-state index in [0.717, 1.165) is 4.90 Å². The van der Waals surface area contributed by atoms with Crippen molar-refractivity contribution < 1.29 is 30.6 Å². The summed E-state index contributed by atoms with van der Waals surface area (Å²) in [7, 11) is 1.31. The van der Waals surface area contributed by atoms with E-state index >= 15 is 0 Å². The zero-order valence-electron chi connectivity index (χ0n) is 9.95. The molecule has 7 N–H and O–H groups in total. The molecule has 1 saturated heterocycles. The van der Waals surface area contributed by atoms with Gasteiger partial charge in [-0.25, -0.2) is 0 Å². The summed E-state index contributed by atoms with van der Waals surface area (Å²) in [5.74, 6) is -5.91. The normalized spacial score (nSPS) is 26.7. The number of nitrogens with zero attached hydrogens (tertiary/aromatic N) is 1. The fourth-order valence-corrected chi connectivity index (χ4v) is 2.25. The molecule has 0 spiro atoms. The van der Waals surface area contributed by atoms with E-state index in [1.807, 2.05) is 0 Å². The van der Waals surface area contributed by atoms with Gasteiger partial charge < -0.3 is 30.6 Å². The van der Waals surface area contributed by atoms with E-state index in [2.05, 4.69) is 0 Å². The summed E-state index contributed by atoms with van der Waals surface area (Å²) in [4.78, 5) is 14.0. The van der Waals surface area contributed by atoms with Gasteiger partial charge in [-0.3, -0.25) is 14.7 Å². The third-order valence-corrected chi connectivity index (χ3v) is 3.40. The Morgan fingerprint density at radius 1 is 1.16 bits per heavy atom. The monoisotopic (exact) mass is 274 g/mol. The van der Waals surface area contributed by atoms with Gasteiger partial charge in [-0.1, -0.05) is 0 Å². The third-order valence-electron chi connectivity index (χ3n) is 3.40. The fraction of sp³-hybridized carbons (Fsp3) is 0.500. The maximum atomic E-state index is 11.1. The molecule has 19 heavy (non-hydrogen) atoms. The number of likely N-dealkylation sites (tertiary alicyclic amines) is 1. The number of likely N-dealkylation sites (N-methyl/N-ethyl adjacent to an activating group) is 1. The highest BCUT2D eigenvalue weighted by Crippen LogP contribution is 2.48. The third kappa shape index (κ3) is 1.60. The standard InChI is InChI=1S/C10H14N2O7/c1-12-3-2-9(17,18)10(12,19)4-5(13)6(14)8(16)11-7(4)15/h14,17-19H,2-3H2,1H3,(H3,11,13,15,16)/t10-/m0/s1. The number of aromatic amines is 1. The SMILES string of the molecule is CN1CCC(O)(O)[C@@]1(O)c1c(O)[nH]c(=O)c(O)c1O. The Bertz CT molecular complexity index is 582. The van der Waals surface area contributed by atoms with Crippen molar-refractivity contribution in [1.29, 1.82) is 0 Å². The maximum absolute atomic E-state index is 11.1. The summed E-state index contributed by atoms with van der Waals surface area (Å²) in [5, 5.41) is 58.7. The van der Waals surface area contributed by atoms with Gasteiger partial charge in [0.1, 0.15) is 5.56 Å². The van der Waals surface area contributed by atoms with Gasteiger partial charge in [0.05, 0.1) is 0 Å². The van der Waals surface area contributed by atoms with Gasteiger partial charge >= 0.3 is 0 Å². The van der Waals surface area contributed by atoms with E-state index in [-0.39, 0.29) is 13.0 Å². The lowest BCUT2D eigenvalue weighted by Gasteiger charge is -2.38. The van der Waals surface area contributed by atoms with Crippen LogP contribution in [0.3, 0.4) is 0 Å². The molecule has 1 aliphatic heterocycles. The molecule has 1 fully saturated rings. The molecule has 2 heterocycles. The second-order valence-corrected chi connectivity index (χ2v) is 4.54. The van der Waals surface area contributed by atoms with Crippen LogP contribution in [0.4, 0.5) is 0 Å². The number of aliphatic hydroxyl groups is 3. The zero-order valence-corrected chi connectivity index (χ0v) is 9.95. The zero-order chi connectivity index (χ0) is 14.6. The summed E-state index contributed by atoms with van der Waals surface area (Å²) in [6.45, 7) is 0.0439. The molecule has 0 saturated carbocycles. The highest BCUT2D eigenvalue weighted by molar-refractivity contribution is 5.51. The van der Waals surface area contributed by atoms with Crippen molar-refractivity contribution in [2.45, 2.75) is 17.9 Å². The second-order valence-electron chi connectivity index (χ2n) is 4.54. The molecular weight excluding hydrogens is 260 g/mol. The summed E-state index contributed by atoms with van der Waals surface area (Å²) in [6.07, 6.45) is -0.265. The first-order chi connectivity index (χ1) is 8.63. The van der Waals surface area contributed by atoms with Gasteiger partial charge in [-0.05, 0) is 7.05 Å². The van der Waals surface area contributed by atoms with E-state index in [1.165, 1.54) is 7.05 Å². The quantitative estimate of drug-likeness (QED) is 0.280. The Morgan fingerprint density at radius 2 is 1.74 bits per heavy atom. The molecule has 106 valence electrons. The van der Waals surface area contributed by atoms with Crippen LogP contribution in [0.2, 0.25) is 0 Å². The number of H-pyrrole nitrogens is 1. The smallest absolute Gasteiger partial charge is 0.296 e. The van der Waals surface area contributed by atoms with Crippen molar-refractivity contribution in [1.82, 2.24) is 9.88 Å². The first-order valence-corrected chi connectivity index (χ1v) is 5.39. The van der Waals surface area contributed by atoms with Gasteiger partial charge in [-0.15, -0.1) is 0 Å². The predicted octanol–water partition coefficient (Wildman–Crippen LogP) is -2.35. The van der Waals surface area contributed by atoms with Crippen LogP contribution in [-0.4, -0.2) is 59.9 Å². The van der Waals surface area contributed by atoms with Crippen LogP contribution in [-0.2, 0) is 5.72 Å². The van der Waals surface area contributed by atoms with E-state index in [9.17, 15) is 35.4 Å². The molecule has 0 unspecified atom stereocenters. The Balaban J connectivity index is 2.78. The number of nitrogens with one attached hydrogen (secondary N) is 1. The number of pyridine rings is 1. The molecule has 1 aromatic rings. The minimum atomic E-state index is -2.68. The predicted molar refractivity (Wildman–Crippen MR) is 60.4 cm³/mol. The van der Waals surface area contributed by atoms with Gasteiger partial charge in [0.25, 0.3) is 5.56 Å². The average Bonchev–Trinajstić information content (AvgIpc) is 2.51. The van der Waals surface area contributed by atoms with E-state index in [0.29, 0.717) is 0 Å². The number of rotatable bonds is 1. The fourth-order valence-electron chi connectivity index (χ4n) is 2.25. The van der Waals surface area contributed by atoms with Crippen LogP contribution in [0.25, 0.3) is 0 Å². The lowest BCUT2D eigenvalue weighted by molar-refractivity contribution is -0.298. The van der Waals surface area contributed by atoms with Gasteiger partial charge in [0, 0.05) is 13.0 Å². The summed E-state index contributed by atoms with van der Waals surface area (Å²) in [6, 6.07) is 0. The van der Waals surface area contributed by atoms with Crippen molar-refractivity contribution in [3.63, 3.8) is 0 Å². The molecule has 0 bridgehead atoms. The number of aromatic nitrogens is 1. The molecule has 0 aromatic carbocycles. The Hall–Kier alpha value is -1.81. The molecule has 1 aliphatic rings. The highest BCUT2D eigenvalue weighted by Gasteiger charge is 2.60. The van der Waals surface area contributed by atoms with Crippen LogP contribution in [0.5, 0.6) is 17.4 Å². The maximum Gasteiger partial charge on any atom is 0.296 e.